The van der Waals surface area contributed by atoms with Gasteiger partial charge >= 0.3 is 0 Å². The molecule has 0 bridgehead atoms. The van der Waals surface area contributed by atoms with Gasteiger partial charge in [-0.25, -0.2) is 12.8 Å². The smallest absolute Gasteiger partial charge is 0.253 e. The van der Waals surface area contributed by atoms with Crippen LogP contribution in [0.2, 0.25) is 0 Å². The molecule has 1 aromatic carbocycles. The highest BCUT2D eigenvalue weighted by Gasteiger charge is 2.36. The second-order valence-corrected chi connectivity index (χ2v) is 9.24. The lowest BCUT2D eigenvalue weighted by Gasteiger charge is -2.23. The Labute approximate surface area is 150 Å². The van der Waals surface area contributed by atoms with Crippen molar-refractivity contribution in [1.29, 1.82) is 0 Å². The van der Waals surface area contributed by atoms with Crippen molar-refractivity contribution >= 4 is 27.3 Å². The van der Waals surface area contributed by atoms with Crippen molar-refractivity contribution in [2.24, 2.45) is 0 Å². The van der Waals surface area contributed by atoms with Crippen LogP contribution in [-0.4, -0.2) is 25.2 Å². The van der Waals surface area contributed by atoms with Crippen molar-refractivity contribution in [1.82, 2.24) is 9.62 Å². The molecule has 1 amide bonds. The Morgan fingerprint density at radius 3 is 2.68 bits per heavy atom. The molecule has 2 aromatic rings. The minimum Gasteiger partial charge on any atom is -0.351 e. The molecule has 1 atom stereocenters. The molecule has 0 aliphatic carbocycles. The Morgan fingerprint density at radius 1 is 1.28 bits per heavy atom. The average molecular weight is 382 g/mol. The molecule has 1 saturated heterocycles. The summed E-state index contributed by atoms with van der Waals surface area (Å²) in [4.78, 5) is 11.8. The molecular formula is C17H19FN2O3S2. The van der Waals surface area contributed by atoms with E-state index in [4.69, 9.17) is 0 Å². The van der Waals surface area contributed by atoms with E-state index in [2.05, 4.69) is 5.32 Å². The van der Waals surface area contributed by atoms with Crippen LogP contribution in [-0.2, 0) is 21.4 Å². The highest BCUT2D eigenvalue weighted by atomic mass is 32.2. The van der Waals surface area contributed by atoms with Crippen molar-refractivity contribution < 1.29 is 17.6 Å². The van der Waals surface area contributed by atoms with Crippen molar-refractivity contribution in [3.63, 3.8) is 0 Å². The van der Waals surface area contributed by atoms with E-state index >= 15 is 0 Å². The number of rotatable bonds is 5. The van der Waals surface area contributed by atoms with Crippen LogP contribution in [0.15, 0.2) is 40.6 Å². The van der Waals surface area contributed by atoms with Crippen LogP contribution in [0.4, 0.5) is 4.39 Å². The monoisotopic (exact) mass is 382 g/mol. The summed E-state index contributed by atoms with van der Waals surface area (Å²) in [6.45, 7) is 2.18. The van der Waals surface area contributed by atoms with Crippen molar-refractivity contribution in [2.45, 2.75) is 36.6 Å². The van der Waals surface area contributed by atoms with Gasteiger partial charge in [0.1, 0.15) is 10.0 Å². The number of hydrogen-bond acceptors (Lipinski definition) is 4. The molecule has 0 saturated carbocycles. The minimum atomic E-state index is -3.62. The maximum atomic E-state index is 13.1. The van der Waals surface area contributed by atoms with E-state index in [1.54, 1.807) is 24.3 Å². The number of carbonyl (C=O) groups is 1. The number of sulfonamides is 1. The summed E-state index contributed by atoms with van der Waals surface area (Å²) in [5, 5.41) is 2.66. The van der Waals surface area contributed by atoms with Gasteiger partial charge in [-0.05, 0) is 42.7 Å². The summed E-state index contributed by atoms with van der Waals surface area (Å²) in [5.41, 5.74) is 0.803. The minimum absolute atomic E-state index is 0.159. The Kier molecular flexibility index (Phi) is 5.21. The van der Waals surface area contributed by atoms with Crippen LogP contribution in [0.5, 0.6) is 0 Å². The van der Waals surface area contributed by atoms with E-state index in [1.807, 2.05) is 0 Å². The van der Waals surface area contributed by atoms with Crippen LogP contribution < -0.4 is 5.32 Å². The van der Waals surface area contributed by atoms with Crippen molar-refractivity contribution in [3.8, 4) is 0 Å². The van der Waals surface area contributed by atoms with Crippen LogP contribution in [0, 0.1) is 5.82 Å². The molecule has 1 aliphatic heterocycles. The molecule has 1 aliphatic rings. The predicted molar refractivity (Wildman–Crippen MR) is 94.1 cm³/mol. The molecule has 5 nitrogen and oxygen atoms in total. The van der Waals surface area contributed by atoms with Gasteiger partial charge in [0.25, 0.3) is 10.0 Å². The van der Waals surface area contributed by atoms with E-state index in [1.165, 1.54) is 23.4 Å². The second-order valence-electron chi connectivity index (χ2n) is 5.96. The molecule has 1 N–H and O–H groups in total. The first kappa shape index (κ1) is 18.0. The Balaban J connectivity index is 1.83. The molecule has 25 heavy (non-hydrogen) atoms. The first-order valence-corrected chi connectivity index (χ1v) is 10.2. The number of nitrogens with zero attached hydrogens (tertiary/aromatic N) is 1. The van der Waals surface area contributed by atoms with E-state index in [0.717, 1.165) is 34.6 Å². The number of hydrogen-bond donors (Lipinski definition) is 1. The fourth-order valence-electron chi connectivity index (χ4n) is 2.96. The van der Waals surface area contributed by atoms with E-state index in [0.29, 0.717) is 13.1 Å². The van der Waals surface area contributed by atoms with Gasteiger partial charge in [0, 0.05) is 18.3 Å². The first-order chi connectivity index (χ1) is 11.9. The molecular weight excluding hydrogens is 363 g/mol. The van der Waals surface area contributed by atoms with E-state index < -0.39 is 10.0 Å². The lowest BCUT2D eigenvalue weighted by molar-refractivity contribution is -0.119. The molecule has 3 rings (SSSR count). The van der Waals surface area contributed by atoms with Gasteiger partial charge in [-0.1, -0.05) is 12.1 Å². The van der Waals surface area contributed by atoms with Crippen molar-refractivity contribution in [3.05, 3.63) is 52.7 Å². The SMILES string of the molecule is CC(=O)NCc1ccc(S(=O)(=O)N2CCCC2c2ccc(F)cc2)s1. The molecule has 0 spiro atoms. The number of amides is 1. The molecule has 2 heterocycles. The first-order valence-electron chi connectivity index (χ1n) is 7.98. The van der Waals surface area contributed by atoms with Crippen LogP contribution in [0.1, 0.15) is 36.2 Å². The maximum absolute atomic E-state index is 13.1. The number of halogens is 1. The zero-order valence-electron chi connectivity index (χ0n) is 13.7. The normalized spacial score (nSPS) is 18.4. The van der Waals surface area contributed by atoms with Gasteiger partial charge in [-0.15, -0.1) is 11.3 Å². The fraction of sp³-hybridized carbons (Fsp3) is 0.353. The topological polar surface area (TPSA) is 66.5 Å². The zero-order chi connectivity index (χ0) is 18.0. The summed E-state index contributed by atoms with van der Waals surface area (Å²) < 4.78 is 40.9. The summed E-state index contributed by atoms with van der Waals surface area (Å²) in [5.74, 6) is -0.495. The van der Waals surface area contributed by atoms with Gasteiger partial charge < -0.3 is 5.32 Å². The Hall–Kier alpha value is -1.77. The Bertz CT molecular complexity index is 862. The van der Waals surface area contributed by atoms with Gasteiger partial charge in [-0.2, -0.15) is 4.31 Å². The van der Waals surface area contributed by atoms with E-state index in [9.17, 15) is 17.6 Å². The van der Waals surface area contributed by atoms with Gasteiger partial charge in [0.15, 0.2) is 0 Å². The van der Waals surface area contributed by atoms with Crippen LogP contribution in [0.25, 0.3) is 0 Å². The lowest BCUT2D eigenvalue weighted by atomic mass is 10.1. The predicted octanol–water partition coefficient (Wildman–Crippen LogP) is 3.05. The maximum Gasteiger partial charge on any atom is 0.253 e. The molecule has 8 heteroatoms. The van der Waals surface area contributed by atoms with Crippen LogP contribution >= 0.6 is 11.3 Å². The number of carbonyl (C=O) groups excluding carboxylic acids is 1. The lowest BCUT2D eigenvalue weighted by Crippen LogP contribution is -2.30. The molecule has 1 aromatic heterocycles. The van der Waals surface area contributed by atoms with Gasteiger partial charge in [-0.3, -0.25) is 4.79 Å². The third-order valence-corrected chi connectivity index (χ3v) is 7.63. The fourth-order valence-corrected chi connectivity index (χ4v) is 6.07. The van der Waals surface area contributed by atoms with Crippen LogP contribution in [0.3, 0.4) is 0 Å². The average Bonchev–Trinajstić information content (AvgIpc) is 3.23. The summed E-state index contributed by atoms with van der Waals surface area (Å²) >= 11 is 1.16. The van der Waals surface area contributed by atoms with E-state index in [-0.39, 0.29) is 22.0 Å². The molecule has 1 unspecified atom stereocenters. The summed E-state index contributed by atoms with van der Waals surface area (Å²) in [7, 11) is -3.62. The standard InChI is InChI=1S/C17H19FN2O3S2/c1-12(21)19-11-15-8-9-17(24-15)25(22,23)20-10-2-3-16(20)13-4-6-14(18)7-5-13/h4-9,16H,2-3,10-11H2,1H3,(H,19,21). The number of nitrogens with one attached hydrogen (secondary N) is 1. The van der Waals surface area contributed by atoms with Gasteiger partial charge in [0.2, 0.25) is 5.91 Å². The van der Waals surface area contributed by atoms with Crippen molar-refractivity contribution in [2.75, 3.05) is 6.54 Å². The second kappa shape index (κ2) is 7.23. The Morgan fingerprint density at radius 2 is 2.00 bits per heavy atom. The highest BCUT2D eigenvalue weighted by Crippen LogP contribution is 2.38. The zero-order valence-corrected chi connectivity index (χ0v) is 15.4. The summed E-state index contributed by atoms with van der Waals surface area (Å²) in [6, 6.07) is 9.03. The third-order valence-electron chi connectivity index (χ3n) is 4.17. The quantitative estimate of drug-likeness (QED) is 0.864. The third kappa shape index (κ3) is 3.91. The summed E-state index contributed by atoms with van der Waals surface area (Å²) in [6.07, 6.45) is 1.49. The number of benzene rings is 1. The number of thiophene rings is 1. The molecule has 0 radical (unpaired) electrons. The highest BCUT2D eigenvalue weighted by molar-refractivity contribution is 7.91. The molecule has 1 fully saturated rings. The molecule has 134 valence electrons. The van der Waals surface area contributed by atoms with Gasteiger partial charge in [0.05, 0.1) is 12.6 Å². The largest absolute Gasteiger partial charge is 0.351 e.